The highest BCUT2D eigenvalue weighted by atomic mass is 19.3. The van der Waals surface area contributed by atoms with Gasteiger partial charge < -0.3 is 31.6 Å². The lowest BCUT2D eigenvalue weighted by Gasteiger charge is -2.45. The van der Waals surface area contributed by atoms with E-state index in [2.05, 4.69) is 10.6 Å². The molecule has 1 atom stereocenters. The van der Waals surface area contributed by atoms with Gasteiger partial charge in [-0.1, -0.05) is 12.1 Å². The molecule has 4 rings (SSSR count). The number of hydrogen-bond acceptors (Lipinski definition) is 8. The van der Waals surface area contributed by atoms with Gasteiger partial charge in [0.1, 0.15) is 34.8 Å². The van der Waals surface area contributed by atoms with Gasteiger partial charge >= 0.3 is 0 Å². The van der Waals surface area contributed by atoms with Crippen molar-refractivity contribution in [3.63, 3.8) is 0 Å². The minimum absolute atomic E-state index is 0.0108. The summed E-state index contributed by atoms with van der Waals surface area (Å²) in [6, 6.07) is 5.42. The van der Waals surface area contributed by atoms with Crippen LogP contribution in [0.4, 0.5) is 17.6 Å². The van der Waals surface area contributed by atoms with Gasteiger partial charge in [0, 0.05) is 37.2 Å². The first-order valence-corrected chi connectivity index (χ1v) is 12.7. The molecule has 2 saturated heterocycles. The molecule has 1 unspecified atom stereocenters. The Labute approximate surface area is 233 Å². The third kappa shape index (κ3) is 6.60. The summed E-state index contributed by atoms with van der Waals surface area (Å²) in [7, 11) is 1.31. The van der Waals surface area contributed by atoms with Gasteiger partial charge in [-0.15, -0.1) is 0 Å². The van der Waals surface area contributed by atoms with Crippen molar-refractivity contribution in [1.29, 1.82) is 5.41 Å². The molecule has 0 saturated carbocycles. The number of alkyl halides is 2. The molecule has 2 heterocycles. The number of nitrogens with one attached hydrogen (secondary N) is 3. The molecule has 0 aliphatic carbocycles. The third-order valence-electron chi connectivity index (χ3n) is 7.08. The van der Waals surface area contributed by atoms with Crippen LogP contribution in [-0.4, -0.2) is 73.8 Å². The quantitative estimate of drug-likeness (QED) is 0.163. The Morgan fingerprint density at radius 1 is 1.17 bits per heavy atom. The molecule has 41 heavy (non-hydrogen) atoms. The Morgan fingerprint density at radius 2 is 1.90 bits per heavy atom. The second kappa shape index (κ2) is 12.1. The van der Waals surface area contributed by atoms with Crippen molar-refractivity contribution in [1.82, 2.24) is 15.5 Å². The van der Waals surface area contributed by atoms with Gasteiger partial charge in [-0.2, -0.15) is 0 Å². The van der Waals surface area contributed by atoms with Crippen molar-refractivity contribution in [2.45, 2.75) is 31.0 Å². The van der Waals surface area contributed by atoms with Crippen LogP contribution in [-0.2, 0) is 16.1 Å². The van der Waals surface area contributed by atoms with Gasteiger partial charge in [-0.05, 0) is 24.3 Å². The maximum atomic E-state index is 14.9. The zero-order chi connectivity index (χ0) is 29.9. The van der Waals surface area contributed by atoms with E-state index in [9.17, 15) is 27.2 Å². The predicted molar refractivity (Wildman–Crippen MR) is 140 cm³/mol. The highest BCUT2D eigenvalue weighted by Crippen LogP contribution is 2.31. The van der Waals surface area contributed by atoms with E-state index in [4.69, 9.17) is 26.4 Å². The Morgan fingerprint density at radius 3 is 2.51 bits per heavy atom. The fourth-order valence-electron chi connectivity index (χ4n) is 4.61. The standard InChI is InChI=1S/C27H30F4N6O4/c1-40-20-5-4-16(28)9-18(20)26(39)35-10-15-3-2-14(8-19(15)29)23(32)22(25(34)38)24(33)36-21-11-37(17-12-41-13-17)7-6-27(21,30)31/h2-5,8-9,17,21,32,36H,6-7,10-13,33H2,1H3,(H2,34,38)(H,35,39)/b24-22+,32-23?. The van der Waals surface area contributed by atoms with Crippen LogP contribution in [0, 0.1) is 17.0 Å². The Hall–Kier alpha value is -4.17. The first-order valence-electron chi connectivity index (χ1n) is 12.7. The van der Waals surface area contributed by atoms with E-state index >= 15 is 0 Å². The van der Waals surface area contributed by atoms with Crippen LogP contribution in [0.3, 0.4) is 0 Å². The fraction of sp³-hybridized carbons (Fsp3) is 0.370. The lowest BCUT2D eigenvalue weighted by molar-refractivity contribution is -0.126. The number of likely N-dealkylation sites (tertiary alicyclic amines) is 1. The topological polar surface area (TPSA) is 156 Å². The van der Waals surface area contributed by atoms with Crippen LogP contribution < -0.4 is 26.8 Å². The molecular weight excluding hydrogens is 548 g/mol. The van der Waals surface area contributed by atoms with Crippen molar-refractivity contribution in [3.05, 3.63) is 76.1 Å². The maximum Gasteiger partial charge on any atom is 0.270 e. The highest BCUT2D eigenvalue weighted by molar-refractivity contribution is 6.26. The zero-order valence-corrected chi connectivity index (χ0v) is 22.1. The molecule has 2 aromatic rings. The summed E-state index contributed by atoms with van der Waals surface area (Å²) in [6.07, 6.45) is -0.437. The van der Waals surface area contributed by atoms with Crippen LogP contribution >= 0.6 is 0 Å². The van der Waals surface area contributed by atoms with E-state index in [-0.39, 0.29) is 48.1 Å². The van der Waals surface area contributed by atoms with Gasteiger partial charge in [0.15, 0.2) is 0 Å². The number of benzene rings is 2. The number of amides is 2. The molecule has 2 aromatic carbocycles. The van der Waals surface area contributed by atoms with Crippen LogP contribution in [0.5, 0.6) is 5.75 Å². The number of carbonyl (C=O) groups excluding carboxylic acids is 2. The zero-order valence-electron chi connectivity index (χ0n) is 22.1. The molecule has 2 amide bonds. The van der Waals surface area contributed by atoms with Gasteiger partial charge in [0.2, 0.25) is 0 Å². The van der Waals surface area contributed by atoms with Crippen LogP contribution in [0.1, 0.15) is 27.9 Å². The number of ether oxygens (including phenoxy) is 2. The van der Waals surface area contributed by atoms with E-state index in [0.717, 1.165) is 18.2 Å². The Bertz CT molecular complexity index is 1380. The monoisotopic (exact) mass is 578 g/mol. The number of hydrogen-bond donors (Lipinski definition) is 5. The average molecular weight is 579 g/mol. The lowest BCUT2D eigenvalue weighted by atomic mass is 9.97. The summed E-state index contributed by atoms with van der Waals surface area (Å²) in [6.45, 7) is 0.677. The Kier molecular flexibility index (Phi) is 8.83. The summed E-state index contributed by atoms with van der Waals surface area (Å²) < 4.78 is 68.1. The highest BCUT2D eigenvalue weighted by Gasteiger charge is 2.46. The number of rotatable bonds is 10. The smallest absolute Gasteiger partial charge is 0.270 e. The third-order valence-corrected chi connectivity index (χ3v) is 7.08. The number of methoxy groups -OCH3 is 1. The molecule has 14 heteroatoms. The van der Waals surface area contributed by atoms with Gasteiger partial charge in [0.05, 0.1) is 37.6 Å². The number of piperidine rings is 1. The number of nitrogens with zero attached hydrogens (tertiary/aromatic N) is 1. The SMILES string of the molecule is COc1ccc(F)cc1C(=O)NCc1ccc(C(=N)/C(C(N)=O)=C(/N)NC2CN(C3COC3)CCC2(F)F)cc1F. The summed E-state index contributed by atoms with van der Waals surface area (Å²) in [5, 5.41) is 13.4. The number of halogens is 4. The second-order valence-electron chi connectivity index (χ2n) is 9.76. The van der Waals surface area contributed by atoms with E-state index in [1.54, 1.807) is 0 Å². The second-order valence-corrected chi connectivity index (χ2v) is 9.76. The van der Waals surface area contributed by atoms with Crippen molar-refractivity contribution in [3.8, 4) is 5.75 Å². The molecule has 220 valence electrons. The van der Waals surface area contributed by atoms with E-state index < -0.39 is 58.9 Å². The average Bonchev–Trinajstić information content (AvgIpc) is 2.88. The molecular formula is C27H30F4N6O4. The van der Waals surface area contributed by atoms with Crippen molar-refractivity contribution in [2.75, 3.05) is 33.4 Å². The molecule has 10 nitrogen and oxygen atoms in total. The summed E-state index contributed by atoms with van der Waals surface area (Å²) in [5.74, 6) is -6.92. The molecule has 2 fully saturated rings. The van der Waals surface area contributed by atoms with Crippen molar-refractivity contribution < 1.29 is 36.6 Å². The first kappa shape index (κ1) is 29.8. The Balaban J connectivity index is 1.48. The maximum absolute atomic E-state index is 14.9. The summed E-state index contributed by atoms with van der Waals surface area (Å²) in [5.41, 5.74) is 10.1. The van der Waals surface area contributed by atoms with E-state index in [1.807, 2.05) is 4.90 Å². The molecule has 0 aromatic heterocycles. The van der Waals surface area contributed by atoms with Gasteiger partial charge in [0.25, 0.3) is 17.7 Å². The largest absolute Gasteiger partial charge is 0.496 e. The summed E-state index contributed by atoms with van der Waals surface area (Å²) in [4.78, 5) is 26.6. The minimum Gasteiger partial charge on any atom is -0.496 e. The molecule has 2 aliphatic rings. The van der Waals surface area contributed by atoms with Crippen LogP contribution in [0.25, 0.3) is 0 Å². The molecule has 2 aliphatic heterocycles. The number of nitrogens with two attached hydrogens (primary N) is 2. The molecule has 0 bridgehead atoms. The fourth-order valence-corrected chi connectivity index (χ4v) is 4.61. The van der Waals surface area contributed by atoms with Crippen molar-refractivity contribution in [2.24, 2.45) is 11.5 Å². The summed E-state index contributed by atoms with van der Waals surface area (Å²) >= 11 is 0. The minimum atomic E-state index is -3.15. The van der Waals surface area contributed by atoms with E-state index in [1.165, 1.54) is 25.3 Å². The first-order chi connectivity index (χ1) is 19.4. The van der Waals surface area contributed by atoms with Gasteiger partial charge in [-0.25, -0.2) is 17.6 Å². The van der Waals surface area contributed by atoms with Crippen molar-refractivity contribution >= 4 is 17.5 Å². The normalized spacial score (nSPS) is 19.5. The predicted octanol–water partition coefficient (Wildman–Crippen LogP) is 1.62. The van der Waals surface area contributed by atoms with Crippen LogP contribution in [0.2, 0.25) is 0 Å². The number of primary amides is 1. The van der Waals surface area contributed by atoms with Gasteiger partial charge in [-0.3, -0.25) is 19.9 Å². The molecule has 7 N–H and O–H groups in total. The lowest BCUT2D eigenvalue weighted by Crippen LogP contribution is -2.62. The molecule has 0 radical (unpaired) electrons. The van der Waals surface area contributed by atoms with E-state index in [0.29, 0.717) is 13.2 Å². The number of carbonyl (C=O) groups is 2. The van der Waals surface area contributed by atoms with Crippen LogP contribution in [0.15, 0.2) is 47.8 Å². The molecule has 0 spiro atoms.